The molecule has 24 heavy (non-hydrogen) atoms. The smallest absolute Gasteiger partial charge is 0.123 e. The molecule has 2 saturated heterocycles. The lowest BCUT2D eigenvalue weighted by molar-refractivity contribution is 0.0247. The van der Waals surface area contributed by atoms with Crippen molar-refractivity contribution in [3.05, 3.63) is 54.1 Å². The second kappa shape index (κ2) is 6.83. The van der Waals surface area contributed by atoms with E-state index >= 15 is 0 Å². The molecule has 0 radical (unpaired) electrons. The Bertz CT molecular complexity index is 649. The molecule has 126 valence electrons. The molecule has 0 N–H and O–H groups in total. The molecule has 1 aromatic carbocycles. The van der Waals surface area contributed by atoms with Crippen molar-refractivity contribution in [3.63, 3.8) is 0 Å². The highest BCUT2D eigenvalue weighted by atomic mass is 19.1. The summed E-state index contributed by atoms with van der Waals surface area (Å²) < 4.78 is 13.0. The van der Waals surface area contributed by atoms with Gasteiger partial charge in [-0.15, -0.1) is 0 Å². The van der Waals surface area contributed by atoms with E-state index in [1.165, 1.54) is 12.1 Å². The molecule has 1 aromatic heterocycles. The van der Waals surface area contributed by atoms with Crippen LogP contribution in [-0.2, 0) is 6.54 Å². The Morgan fingerprint density at radius 1 is 1.00 bits per heavy atom. The van der Waals surface area contributed by atoms with Crippen LogP contribution in [0.3, 0.4) is 0 Å². The molecular formula is C18H22FN5. The minimum absolute atomic E-state index is 0.171. The van der Waals surface area contributed by atoms with Gasteiger partial charge in [-0.3, -0.25) is 9.80 Å². The van der Waals surface area contributed by atoms with E-state index in [-0.39, 0.29) is 5.82 Å². The third-order valence-corrected chi connectivity index (χ3v) is 4.97. The van der Waals surface area contributed by atoms with Crippen LogP contribution in [0.15, 0.2) is 42.6 Å². The van der Waals surface area contributed by atoms with Crippen molar-refractivity contribution < 1.29 is 4.39 Å². The monoisotopic (exact) mass is 327 g/mol. The maximum atomic E-state index is 13.0. The third kappa shape index (κ3) is 3.39. The summed E-state index contributed by atoms with van der Waals surface area (Å²) >= 11 is 0. The number of hydrogen-bond donors (Lipinski definition) is 0. The zero-order chi connectivity index (χ0) is 16.4. The van der Waals surface area contributed by atoms with Crippen LogP contribution < -0.4 is 4.90 Å². The van der Waals surface area contributed by atoms with Gasteiger partial charge >= 0.3 is 0 Å². The minimum atomic E-state index is -0.171. The van der Waals surface area contributed by atoms with E-state index in [9.17, 15) is 4.39 Å². The summed E-state index contributed by atoms with van der Waals surface area (Å²) in [5.74, 6) is -0.171. The molecular weight excluding hydrogens is 305 g/mol. The quantitative estimate of drug-likeness (QED) is 0.853. The van der Waals surface area contributed by atoms with Crippen molar-refractivity contribution in [2.75, 3.05) is 44.2 Å². The normalized spacial score (nSPS) is 20.1. The number of benzene rings is 1. The van der Waals surface area contributed by atoms with E-state index in [4.69, 9.17) is 0 Å². The molecule has 0 unspecified atom stereocenters. The Hall–Kier alpha value is -2.05. The lowest BCUT2D eigenvalue weighted by Crippen LogP contribution is -2.62. The first-order valence-electron chi connectivity index (χ1n) is 8.51. The van der Waals surface area contributed by atoms with Crippen molar-refractivity contribution in [2.45, 2.75) is 12.6 Å². The van der Waals surface area contributed by atoms with Crippen LogP contribution in [0.25, 0.3) is 0 Å². The predicted octanol–water partition coefficient (Wildman–Crippen LogP) is 1.62. The molecule has 2 aromatic rings. The van der Waals surface area contributed by atoms with Gasteiger partial charge in [-0.05, 0) is 36.4 Å². The fourth-order valence-electron chi connectivity index (χ4n) is 3.55. The van der Waals surface area contributed by atoms with Crippen LogP contribution in [-0.4, -0.2) is 65.3 Å². The zero-order valence-corrected chi connectivity index (χ0v) is 13.7. The molecule has 5 nitrogen and oxygen atoms in total. The molecule has 0 bridgehead atoms. The highest BCUT2D eigenvalue weighted by molar-refractivity contribution is 5.46. The van der Waals surface area contributed by atoms with E-state index < -0.39 is 0 Å². The number of halogens is 1. The van der Waals surface area contributed by atoms with Crippen molar-refractivity contribution >= 4 is 5.69 Å². The third-order valence-electron chi connectivity index (χ3n) is 4.97. The van der Waals surface area contributed by atoms with Gasteiger partial charge < -0.3 is 4.90 Å². The molecule has 0 atom stereocenters. The van der Waals surface area contributed by atoms with Crippen molar-refractivity contribution in [3.8, 4) is 0 Å². The Kier molecular flexibility index (Phi) is 4.40. The Balaban J connectivity index is 1.23. The number of piperazine rings is 1. The average Bonchev–Trinajstić information content (AvgIpc) is 2.60. The predicted molar refractivity (Wildman–Crippen MR) is 91.3 cm³/mol. The summed E-state index contributed by atoms with van der Waals surface area (Å²) in [5.41, 5.74) is 2.16. The second-order valence-electron chi connectivity index (χ2n) is 6.56. The fourth-order valence-corrected chi connectivity index (χ4v) is 3.55. The van der Waals surface area contributed by atoms with E-state index in [1.807, 2.05) is 24.3 Å². The Labute approximate surface area is 141 Å². The van der Waals surface area contributed by atoms with Gasteiger partial charge in [0.2, 0.25) is 0 Å². The summed E-state index contributed by atoms with van der Waals surface area (Å²) in [6, 6.07) is 11.4. The standard InChI is InChI=1S/C18H22FN5/c19-15-3-5-17(6-4-15)23-8-10-24(11-9-23)18-13-22(14-18)12-16-2-1-7-20-21-16/h1-7,18H,8-14H2. The number of hydrogen-bond acceptors (Lipinski definition) is 5. The van der Waals surface area contributed by atoms with Gasteiger partial charge in [0.15, 0.2) is 0 Å². The molecule has 2 aliphatic heterocycles. The molecule has 3 heterocycles. The van der Waals surface area contributed by atoms with Gasteiger partial charge in [0.25, 0.3) is 0 Å². The highest BCUT2D eigenvalue weighted by Gasteiger charge is 2.33. The van der Waals surface area contributed by atoms with E-state index in [0.717, 1.165) is 57.2 Å². The second-order valence-corrected chi connectivity index (χ2v) is 6.56. The summed E-state index contributed by atoms with van der Waals surface area (Å²) in [7, 11) is 0. The molecule has 2 aliphatic rings. The van der Waals surface area contributed by atoms with Gasteiger partial charge in [-0.1, -0.05) is 0 Å². The lowest BCUT2D eigenvalue weighted by atomic mass is 10.1. The van der Waals surface area contributed by atoms with E-state index in [1.54, 1.807) is 6.20 Å². The van der Waals surface area contributed by atoms with Gasteiger partial charge in [-0.2, -0.15) is 10.2 Å². The molecule has 0 saturated carbocycles. The first kappa shape index (κ1) is 15.5. The SMILES string of the molecule is Fc1ccc(N2CCN(C3CN(Cc4cccnn4)C3)CC2)cc1. The zero-order valence-electron chi connectivity index (χ0n) is 13.7. The number of aromatic nitrogens is 2. The Morgan fingerprint density at radius 2 is 1.75 bits per heavy atom. The summed E-state index contributed by atoms with van der Waals surface area (Å²) in [4.78, 5) is 7.33. The van der Waals surface area contributed by atoms with Gasteiger partial charge in [-0.25, -0.2) is 4.39 Å². The topological polar surface area (TPSA) is 35.5 Å². The molecule has 0 amide bonds. The van der Waals surface area contributed by atoms with Crippen LogP contribution in [0.1, 0.15) is 5.69 Å². The van der Waals surface area contributed by atoms with Crippen LogP contribution in [0.2, 0.25) is 0 Å². The first-order valence-corrected chi connectivity index (χ1v) is 8.51. The average molecular weight is 327 g/mol. The van der Waals surface area contributed by atoms with Crippen molar-refractivity contribution in [2.24, 2.45) is 0 Å². The maximum absolute atomic E-state index is 13.0. The van der Waals surface area contributed by atoms with Crippen LogP contribution in [0, 0.1) is 5.82 Å². The van der Waals surface area contributed by atoms with Gasteiger partial charge in [0.05, 0.1) is 5.69 Å². The number of nitrogens with zero attached hydrogens (tertiary/aromatic N) is 5. The van der Waals surface area contributed by atoms with Crippen LogP contribution >= 0.6 is 0 Å². The number of rotatable bonds is 4. The largest absolute Gasteiger partial charge is 0.369 e. The van der Waals surface area contributed by atoms with Gasteiger partial charge in [0, 0.05) is 63.7 Å². The van der Waals surface area contributed by atoms with Crippen LogP contribution in [0.4, 0.5) is 10.1 Å². The fraction of sp³-hybridized carbons (Fsp3) is 0.444. The summed E-state index contributed by atoms with van der Waals surface area (Å²) in [6.07, 6.45) is 1.71. The summed E-state index contributed by atoms with van der Waals surface area (Å²) in [5, 5.41) is 8.08. The van der Waals surface area contributed by atoms with E-state index in [2.05, 4.69) is 24.9 Å². The van der Waals surface area contributed by atoms with E-state index in [0.29, 0.717) is 6.04 Å². The van der Waals surface area contributed by atoms with Crippen LogP contribution in [0.5, 0.6) is 0 Å². The van der Waals surface area contributed by atoms with Crippen molar-refractivity contribution in [1.29, 1.82) is 0 Å². The van der Waals surface area contributed by atoms with Gasteiger partial charge in [0.1, 0.15) is 5.82 Å². The molecule has 0 aliphatic carbocycles. The molecule has 4 rings (SSSR count). The lowest BCUT2D eigenvalue weighted by Gasteiger charge is -2.48. The summed E-state index contributed by atoms with van der Waals surface area (Å²) in [6.45, 7) is 7.25. The maximum Gasteiger partial charge on any atom is 0.123 e. The number of anilines is 1. The first-order chi connectivity index (χ1) is 11.8. The molecule has 0 spiro atoms. The number of likely N-dealkylation sites (tertiary alicyclic amines) is 1. The van der Waals surface area contributed by atoms with Crippen molar-refractivity contribution in [1.82, 2.24) is 20.0 Å². The molecule has 6 heteroatoms. The molecule has 2 fully saturated rings. The Morgan fingerprint density at radius 3 is 2.42 bits per heavy atom. The highest BCUT2D eigenvalue weighted by Crippen LogP contribution is 2.21. The minimum Gasteiger partial charge on any atom is -0.369 e.